The minimum absolute atomic E-state index is 0.308. The Balaban J connectivity index is 2.39. The molecule has 0 aromatic heterocycles. The van der Waals surface area contributed by atoms with Gasteiger partial charge in [-0.3, -0.25) is 0 Å². The van der Waals surface area contributed by atoms with E-state index in [1.54, 1.807) is 6.92 Å². The maximum absolute atomic E-state index is 11.2. The lowest BCUT2D eigenvalue weighted by molar-refractivity contribution is -0.185. The highest BCUT2D eigenvalue weighted by Crippen LogP contribution is 2.33. The summed E-state index contributed by atoms with van der Waals surface area (Å²) in [4.78, 5) is 10.8. The Bertz CT molecular complexity index is 138. The van der Waals surface area contributed by atoms with Crippen molar-refractivity contribution in [3.05, 3.63) is 0 Å². The van der Waals surface area contributed by atoms with Crippen LogP contribution >= 0.6 is 0 Å². The standard InChI is InChI=1S/C7H11O3/c1-2-10-6(8)7(9)4-3-5-7/h2-5H2,1H3. The molecular weight excluding hydrogens is 132 g/mol. The van der Waals surface area contributed by atoms with Crippen molar-refractivity contribution in [1.82, 2.24) is 0 Å². The second-order valence-electron chi connectivity index (χ2n) is 2.57. The number of carbonyl (C=O) groups is 1. The van der Waals surface area contributed by atoms with Gasteiger partial charge < -0.3 is 4.74 Å². The first-order chi connectivity index (χ1) is 4.69. The van der Waals surface area contributed by atoms with Gasteiger partial charge in [0.15, 0.2) is 5.60 Å². The molecule has 1 aliphatic rings. The first-order valence-corrected chi connectivity index (χ1v) is 3.57. The Labute approximate surface area is 60.0 Å². The number of ether oxygens (including phenoxy) is 1. The molecule has 0 aromatic rings. The molecule has 0 aliphatic heterocycles. The summed E-state index contributed by atoms with van der Waals surface area (Å²) in [6.07, 6.45) is 1.76. The van der Waals surface area contributed by atoms with Crippen LogP contribution < -0.4 is 0 Å². The minimum Gasteiger partial charge on any atom is -0.464 e. The summed E-state index contributed by atoms with van der Waals surface area (Å²) in [6.45, 7) is 2.02. The van der Waals surface area contributed by atoms with Gasteiger partial charge >= 0.3 is 5.97 Å². The van der Waals surface area contributed by atoms with Gasteiger partial charge in [0, 0.05) is 0 Å². The van der Waals surface area contributed by atoms with Gasteiger partial charge in [-0.15, -0.1) is 0 Å². The van der Waals surface area contributed by atoms with E-state index in [1.165, 1.54) is 0 Å². The average Bonchev–Trinajstić information content (AvgIpc) is 1.83. The maximum atomic E-state index is 11.2. The van der Waals surface area contributed by atoms with Gasteiger partial charge in [-0.25, -0.2) is 9.90 Å². The normalized spacial score (nSPS) is 21.4. The van der Waals surface area contributed by atoms with Gasteiger partial charge in [-0.2, -0.15) is 0 Å². The monoisotopic (exact) mass is 143 g/mol. The molecule has 3 nitrogen and oxygen atoms in total. The summed E-state index contributed by atoms with van der Waals surface area (Å²) in [5.74, 6) is -0.568. The topological polar surface area (TPSA) is 46.2 Å². The molecule has 1 aliphatic carbocycles. The van der Waals surface area contributed by atoms with E-state index in [-0.39, 0.29) is 0 Å². The van der Waals surface area contributed by atoms with Crippen molar-refractivity contribution in [2.24, 2.45) is 0 Å². The summed E-state index contributed by atoms with van der Waals surface area (Å²) in [5.41, 5.74) is -1.38. The molecule has 0 atom stereocenters. The van der Waals surface area contributed by atoms with Gasteiger partial charge in [0.05, 0.1) is 6.61 Å². The lowest BCUT2D eigenvalue weighted by Gasteiger charge is -2.30. The predicted molar refractivity (Wildman–Crippen MR) is 33.9 cm³/mol. The lowest BCUT2D eigenvalue weighted by atomic mass is 9.80. The molecule has 3 heteroatoms. The van der Waals surface area contributed by atoms with E-state index in [4.69, 9.17) is 0 Å². The van der Waals surface area contributed by atoms with Crippen LogP contribution in [0.5, 0.6) is 0 Å². The molecule has 1 fully saturated rings. The zero-order valence-corrected chi connectivity index (χ0v) is 6.05. The van der Waals surface area contributed by atoms with Crippen molar-refractivity contribution in [2.45, 2.75) is 31.8 Å². The Morgan fingerprint density at radius 2 is 2.20 bits per heavy atom. The van der Waals surface area contributed by atoms with E-state index in [1.807, 2.05) is 0 Å². The van der Waals surface area contributed by atoms with E-state index in [2.05, 4.69) is 4.74 Å². The molecule has 10 heavy (non-hydrogen) atoms. The van der Waals surface area contributed by atoms with Crippen LogP contribution in [0, 0.1) is 0 Å². The van der Waals surface area contributed by atoms with Gasteiger partial charge in [-0.05, 0) is 26.2 Å². The van der Waals surface area contributed by atoms with Crippen LogP contribution in [0.25, 0.3) is 0 Å². The first kappa shape index (κ1) is 7.54. The van der Waals surface area contributed by atoms with Crippen LogP contribution in [0.4, 0.5) is 0 Å². The summed E-state index contributed by atoms with van der Waals surface area (Å²) in [7, 11) is 0. The van der Waals surface area contributed by atoms with Crippen LogP contribution in [0.1, 0.15) is 26.2 Å². The Hall–Kier alpha value is -0.570. The fourth-order valence-corrected chi connectivity index (χ4v) is 0.965. The fraction of sp³-hybridized carbons (Fsp3) is 0.857. The first-order valence-electron chi connectivity index (χ1n) is 3.57. The molecule has 0 spiro atoms. The molecule has 0 aromatic carbocycles. The maximum Gasteiger partial charge on any atom is 0.341 e. The molecule has 1 saturated carbocycles. The highest BCUT2D eigenvalue weighted by molar-refractivity contribution is 5.80. The molecule has 0 bridgehead atoms. The summed E-state index contributed by atoms with van der Waals surface area (Å²) in [5, 5.41) is 11.2. The Kier molecular flexibility index (Phi) is 1.94. The summed E-state index contributed by atoms with van der Waals surface area (Å²) < 4.78 is 4.60. The number of rotatable bonds is 2. The number of hydrogen-bond acceptors (Lipinski definition) is 2. The van der Waals surface area contributed by atoms with Crippen LogP contribution in [-0.2, 0) is 14.6 Å². The fourth-order valence-electron chi connectivity index (χ4n) is 0.965. The Morgan fingerprint density at radius 1 is 1.60 bits per heavy atom. The smallest absolute Gasteiger partial charge is 0.341 e. The van der Waals surface area contributed by atoms with Gasteiger partial charge in [0.25, 0.3) is 0 Å². The average molecular weight is 143 g/mol. The van der Waals surface area contributed by atoms with Gasteiger partial charge in [-0.1, -0.05) is 0 Å². The molecule has 0 amide bonds. The molecule has 0 unspecified atom stereocenters. The SMILES string of the molecule is CCOC(=O)C1([O])CCC1. The van der Waals surface area contributed by atoms with Crippen LogP contribution in [-0.4, -0.2) is 18.2 Å². The van der Waals surface area contributed by atoms with E-state index in [0.717, 1.165) is 6.42 Å². The van der Waals surface area contributed by atoms with Crippen molar-refractivity contribution in [2.75, 3.05) is 6.61 Å². The lowest BCUT2D eigenvalue weighted by Crippen LogP contribution is -2.44. The van der Waals surface area contributed by atoms with Gasteiger partial charge in [0.1, 0.15) is 0 Å². The largest absolute Gasteiger partial charge is 0.464 e. The van der Waals surface area contributed by atoms with Crippen molar-refractivity contribution in [3.63, 3.8) is 0 Å². The second-order valence-corrected chi connectivity index (χ2v) is 2.57. The van der Waals surface area contributed by atoms with Crippen LogP contribution in [0.15, 0.2) is 0 Å². The number of hydrogen-bond donors (Lipinski definition) is 0. The van der Waals surface area contributed by atoms with Crippen molar-refractivity contribution in [3.8, 4) is 0 Å². The van der Waals surface area contributed by atoms with E-state index in [0.29, 0.717) is 19.4 Å². The zero-order valence-electron chi connectivity index (χ0n) is 6.05. The highest BCUT2D eigenvalue weighted by atomic mass is 16.5. The molecule has 0 N–H and O–H groups in total. The van der Waals surface area contributed by atoms with Crippen molar-refractivity contribution >= 4 is 5.97 Å². The summed E-state index contributed by atoms with van der Waals surface area (Å²) in [6, 6.07) is 0. The number of esters is 1. The summed E-state index contributed by atoms with van der Waals surface area (Å²) >= 11 is 0. The third kappa shape index (κ3) is 1.14. The molecule has 0 heterocycles. The minimum atomic E-state index is -1.38. The second kappa shape index (κ2) is 2.58. The Morgan fingerprint density at radius 3 is 2.50 bits per heavy atom. The van der Waals surface area contributed by atoms with Crippen molar-refractivity contribution < 1.29 is 14.6 Å². The third-order valence-corrected chi connectivity index (χ3v) is 1.81. The molecule has 1 radical (unpaired) electrons. The number of carbonyl (C=O) groups excluding carboxylic acids is 1. The van der Waals surface area contributed by atoms with Crippen molar-refractivity contribution in [1.29, 1.82) is 0 Å². The van der Waals surface area contributed by atoms with Gasteiger partial charge in [0.2, 0.25) is 0 Å². The van der Waals surface area contributed by atoms with E-state index in [9.17, 15) is 9.90 Å². The zero-order chi connectivity index (χ0) is 7.61. The van der Waals surface area contributed by atoms with Crippen LogP contribution in [0.3, 0.4) is 0 Å². The molecule has 0 saturated heterocycles. The van der Waals surface area contributed by atoms with Crippen LogP contribution in [0.2, 0.25) is 0 Å². The molecule has 1 rings (SSSR count). The molecular formula is C7H11O3. The highest BCUT2D eigenvalue weighted by Gasteiger charge is 2.45. The predicted octanol–water partition coefficient (Wildman–Crippen LogP) is 0.903. The van der Waals surface area contributed by atoms with E-state index >= 15 is 0 Å². The molecule has 57 valence electrons. The van der Waals surface area contributed by atoms with E-state index < -0.39 is 11.6 Å². The third-order valence-electron chi connectivity index (χ3n) is 1.81. The quantitative estimate of drug-likeness (QED) is 0.539.